The number of hydrogen-bond acceptors (Lipinski definition) is 3. The Morgan fingerprint density at radius 1 is 1.05 bits per heavy atom. The van der Waals surface area contributed by atoms with Gasteiger partial charge in [-0.1, -0.05) is 6.42 Å². The highest BCUT2D eigenvalue weighted by molar-refractivity contribution is 5.76. The number of likely N-dealkylation sites (tertiary alicyclic amines) is 1. The van der Waals surface area contributed by atoms with Gasteiger partial charge in [-0.05, 0) is 44.5 Å². The van der Waals surface area contributed by atoms with Crippen molar-refractivity contribution >= 4 is 12.0 Å². The lowest BCUT2D eigenvalue weighted by molar-refractivity contribution is 0.112. The van der Waals surface area contributed by atoms with Gasteiger partial charge >= 0.3 is 0 Å². The van der Waals surface area contributed by atoms with Gasteiger partial charge in [0.05, 0.1) is 0 Å². The molecule has 0 aliphatic carbocycles. The molecular weight excluding hydrogens is 274 g/mol. The number of anilines is 1. The fourth-order valence-electron chi connectivity index (χ4n) is 3.48. The Hall–Kier alpha value is -1.49. The van der Waals surface area contributed by atoms with Gasteiger partial charge in [0, 0.05) is 24.7 Å². The van der Waals surface area contributed by atoms with Gasteiger partial charge in [-0.2, -0.15) is 0 Å². The summed E-state index contributed by atoms with van der Waals surface area (Å²) in [6.45, 7) is 3.50. The third-order valence-electron chi connectivity index (χ3n) is 4.56. The molecule has 1 aromatic carbocycles. The molecule has 1 atom stereocenters. The van der Waals surface area contributed by atoms with Gasteiger partial charge in [0.15, 0.2) is 0 Å². The fourth-order valence-corrected chi connectivity index (χ4v) is 3.48. The molecule has 2 aliphatic heterocycles. The van der Waals surface area contributed by atoms with Gasteiger partial charge in [0.25, 0.3) is 0 Å². The molecule has 0 aromatic heterocycles. The summed E-state index contributed by atoms with van der Waals surface area (Å²) in [5.74, 6) is -1.28. The lowest BCUT2D eigenvalue weighted by Crippen LogP contribution is -2.41. The highest BCUT2D eigenvalue weighted by Crippen LogP contribution is 2.30. The van der Waals surface area contributed by atoms with Crippen molar-refractivity contribution in [2.45, 2.75) is 31.7 Å². The van der Waals surface area contributed by atoms with E-state index < -0.39 is 11.6 Å². The molecule has 0 saturated carbocycles. The van der Waals surface area contributed by atoms with Crippen LogP contribution in [0, 0.1) is 11.6 Å². The summed E-state index contributed by atoms with van der Waals surface area (Å²) >= 11 is 0. The van der Waals surface area contributed by atoms with Crippen LogP contribution in [0.1, 0.15) is 36.0 Å². The third-order valence-corrected chi connectivity index (χ3v) is 4.56. The Bertz CT molecular complexity index is 506. The Balaban J connectivity index is 1.75. The maximum Gasteiger partial charge on any atom is 0.150 e. The zero-order valence-corrected chi connectivity index (χ0v) is 12.0. The lowest BCUT2D eigenvalue weighted by Gasteiger charge is -2.32. The minimum absolute atomic E-state index is 0.0140. The van der Waals surface area contributed by atoms with E-state index in [0.29, 0.717) is 25.4 Å². The van der Waals surface area contributed by atoms with E-state index in [1.165, 1.54) is 19.3 Å². The Morgan fingerprint density at radius 3 is 2.33 bits per heavy atom. The van der Waals surface area contributed by atoms with E-state index in [1.54, 1.807) is 4.90 Å². The molecule has 3 nitrogen and oxygen atoms in total. The maximum atomic E-state index is 14.1. The quantitative estimate of drug-likeness (QED) is 0.801. The van der Waals surface area contributed by atoms with Gasteiger partial charge in [-0.3, -0.25) is 9.69 Å². The van der Waals surface area contributed by atoms with E-state index in [2.05, 4.69) is 4.90 Å². The van der Waals surface area contributed by atoms with E-state index in [0.717, 1.165) is 31.6 Å². The Morgan fingerprint density at radius 2 is 1.71 bits per heavy atom. The maximum absolute atomic E-state index is 14.1. The molecule has 1 aromatic rings. The number of hydrogen-bond donors (Lipinski definition) is 0. The molecule has 5 heteroatoms. The molecule has 0 N–H and O–H groups in total. The van der Waals surface area contributed by atoms with E-state index in [9.17, 15) is 13.6 Å². The lowest BCUT2D eigenvalue weighted by atomic mass is 10.1. The minimum Gasteiger partial charge on any atom is -0.365 e. The van der Waals surface area contributed by atoms with Crippen LogP contribution in [0.15, 0.2) is 12.1 Å². The van der Waals surface area contributed by atoms with Crippen molar-refractivity contribution < 1.29 is 13.6 Å². The highest BCUT2D eigenvalue weighted by atomic mass is 19.1. The van der Waals surface area contributed by atoms with E-state index in [-0.39, 0.29) is 11.3 Å². The number of carbonyl (C=O) groups excluding carboxylic acids is 1. The van der Waals surface area contributed by atoms with Crippen molar-refractivity contribution in [1.29, 1.82) is 0 Å². The predicted molar refractivity (Wildman–Crippen MR) is 77.8 cm³/mol. The summed E-state index contributed by atoms with van der Waals surface area (Å²) < 4.78 is 28.1. The molecule has 0 spiro atoms. The normalized spacial score (nSPS) is 23.5. The summed E-state index contributed by atoms with van der Waals surface area (Å²) in [4.78, 5) is 14.9. The zero-order chi connectivity index (χ0) is 14.8. The largest absolute Gasteiger partial charge is 0.365 e. The molecule has 0 bridgehead atoms. The topological polar surface area (TPSA) is 23.6 Å². The molecule has 21 heavy (non-hydrogen) atoms. The third kappa shape index (κ3) is 2.93. The average molecular weight is 294 g/mol. The van der Waals surface area contributed by atoms with Crippen LogP contribution in [0.4, 0.5) is 14.5 Å². The van der Waals surface area contributed by atoms with E-state index in [4.69, 9.17) is 0 Å². The molecular formula is C16H20F2N2O. The molecule has 2 heterocycles. The SMILES string of the molecule is O=Cc1cc(F)c(N2CCC(N3CCCCC3)C2)c(F)c1. The second-order valence-corrected chi connectivity index (χ2v) is 5.94. The average Bonchev–Trinajstić information content (AvgIpc) is 2.97. The van der Waals surface area contributed by atoms with Gasteiger partial charge in [0.2, 0.25) is 0 Å². The van der Waals surface area contributed by atoms with E-state index in [1.807, 2.05) is 0 Å². The van der Waals surface area contributed by atoms with Crippen LogP contribution in [0.5, 0.6) is 0 Å². The number of rotatable bonds is 3. The van der Waals surface area contributed by atoms with Crippen LogP contribution >= 0.6 is 0 Å². The summed E-state index contributed by atoms with van der Waals surface area (Å²) in [5, 5.41) is 0. The molecule has 3 rings (SSSR count). The molecule has 2 fully saturated rings. The van der Waals surface area contributed by atoms with Gasteiger partial charge in [0.1, 0.15) is 23.6 Å². The molecule has 1 unspecified atom stereocenters. The van der Waals surface area contributed by atoms with Crippen molar-refractivity contribution in [2.24, 2.45) is 0 Å². The van der Waals surface area contributed by atoms with Crippen molar-refractivity contribution in [3.63, 3.8) is 0 Å². The van der Waals surface area contributed by atoms with Crippen LogP contribution in [-0.2, 0) is 0 Å². The van der Waals surface area contributed by atoms with Crippen LogP contribution in [0.3, 0.4) is 0 Å². The van der Waals surface area contributed by atoms with Gasteiger partial charge in [-0.25, -0.2) is 8.78 Å². The predicted octanol–water partition coefficient (Wildman–Crippen LogP) is 2.84. The Labute approximate surface area is 123 Å². The molecule has 2 saturated heterocycles. The standard InChI is InChI=1S/C16H20F2N2O/c17-14-8-12(11-21)9-15(18)16(14)20-7-4-13(10-20)19-5-2-1-3-6-19/h8-9,11,13H,1-7,10H2. The minimum atomic E-state index is -0.642. The first-order chi connectivity index (χ1) is 10.2. The molecule has 0 amide bonds. The van der Waals surface area contributed by atoms with Crippen LogP contribution in [0.2, 0.25) is 0 Å². The number of halogens is 2. The van der Waals surface area contributed by atoms with Crippen LogP contribution in [0.25, 0.3) is 0 Å². The number of benzene rings is 1. The molecule has 114 valence electrons. The van der Waals surface area contributed by atoms with Crippen LogP contribution in [-0.4, -0.2) is 43.4 Å². The number of piperidine rings is 1. The number of nitrogens with zero attached hydrogens (tertiary/aromatic N) is 2. The van der Waals surface area contributed by atoms with Crippen molar-refractivity contribution in [1.82, 2.24) is 4.90 Å². The zero-order valence-electron chi connectivity index (χ0n) is 12.0. The summed E-state index contributed by atoms with van der Waals surface area (Å²) in [5.41, 5.74) is 0.0561. The smallest absolute Gasteiger partial charge is 0.150 e. The summed E-state index contributed by atoms with van der Waals surface area (Å²) in [6.07, 6.45) is 5.12. The monoisotopic (exact) mass is 294 g/mol. The first-order valence-electron chi connectivity index (χ1n) is 7.62. The first kappa shape index (κ1) is 14.4. The summed E-state index contributed by atoms with van der Waals surface area (Å²) in [7, 11) is 0. The van der Waals surface area contributed by atoms with Crippen LogP contribution < -0.4 is 4.90 Å². The van der Waals surface area contributed by atoms with Crippen molar-refractivity contribution in [3.05, 3.63) is 29.3 Å². The fraction of sp³-hybridized carbons (Fsp3) is 0.562. The summed E-state index contributed by atoms with van der Waals surface area (Å²) in [6, 6.07) is 2.61. The number of aldehydes is 1. The first-order valence-corrected chi connectivity index (χ1v) is 7.62. The van der Waals surface area contributed by atoms with Crippen molar-refractivity contribution in [2.75, 3.05) is 31.1 Å². The van der Waals surface area contributed by atoms with Gasteiger partial charge in [-0.15, -0.1) is 0 Å². The second-order valence-electron chi connectivity index (χ2n) is 5.94. The number of carbonyl (C=O) groups is 1. The highest BCUT2D eigenvalue weighted by Gasteiger charge is 2.31. The Kier molecular flexibility index (Phi) is 4.19. The second kappa shape index (κ2) is 6.10. The van der Waals surface area contributed by atoms with E-state index >= 15 is 0 Å². The molecule has 2 aliphatic rings. The molecule has 0 radical (unpaired) electrons. The van der Waals surface area contributed by atoms with Gasteiger partial charge < -0.3 is 4.90 Å². The van der Waals surface area contributed by atoms with Crippen molar-refractivity contribution in [3.8, 4) is 0 Å².